The lowest BCUT2D eigenvalue weighted by atomic mass is 9.81. The van der Waals surface area contributed by atoms with E-state index in [-0.39, 0.29) is 6.42 Å². The third-order valence-corrected chi connectivity index (χ3v) is 3.17. The molecule has 0 bridgehead atoms. The molecule has 1 aromatic rings. The Morgan fingerprint density at radius 2 is 1.78 bits per heavy atom. The molecule has 5 nitrogen and oxygen atoms in total. The van der Waals surface area contributed by atoms with E-state index in [2.05, 4.69) is 4.72 Å². The Kier molecular flexibility index (Phi) is 4.01. The number of carboxylic acids is 1. The van der Waals surface area contributed by atoms with Crippen molar-refractivity contribution in [3.8, 4) is 0 Å². The number of carbonyl (C=O) groups is 1. The molecule has 18 heavy (non-hydrogen) atoms. The van der Waals surface area contributed by atoms with Crippen molar-refractivity contribution in [2.24, 2.45) is 0 Å². The molecule has 0 saturated carbocycles. The Morgan fingerprint density at radius 1 is 1.28 bits per heavy atom. The van der Waals surface area contributed by atoms with Crippen LogP contribution in [0.5, 0.6) is 0 Å². The molecule has 0 saturated heterocycles. The van der Waals surface area contributed by atoms with Crippen molar-refractivity contribution in [3.05, 3.63) is 29.8 Å². The van der Waals surface area contributed by atoms with Gasteiger partial charge >= 0.3 is 5.97 Å². The molecule has 6 heteroatoms. The van der Waals surface area contributed by atoms with Gasteiger partial charge in [0.15, 0.2) is 0 Å². The number of anilines is 1. The molecule has 0 aliphatic rings. The zero-order chi connectivity index (χ0) is 14.0. The first-order valence-electron chi connectivity index (χ1n) is 5.40. The van der Waals surface area contributed by atoms with Crippen LogP contribution in [0.3, 0.4) is 0 Å². The molecule has 1 aromatic carbocycles. The van der Waals surface area contributed by atoms with E-state index < -0.39 is 21.4 Å². The highest BCUT2D eigenvalue weighted by Crippen LogP contribution is 2.28. The van der Waals surface area contributed by atoms with Gasteiger partial charge in [-0.3, -0.25) is 9.52 Å². The maximum atomic E-state index is 11.0. The van der Waals surface area contributed by atoms with Gasteiger partial charge in [0.2, 0.25) is 10.0 Å². The summed E-state index contributed by atoms with van der Waals surface area (Å²) in [5.41, 5.74) is 0.825. The van der Waals surface area contributed by atoms with E-state index in [4.69, 9.17) is 5.11 Å². The molecular formula is C12H17NO4S. The minimum absolute atomic E-state index is 0.0197. The van der Waals surface area contributed by atoms with Gasteiger partial charge in [-0.2, -0.15) is 0 Å². The van der Waals surface area contributed by atoms with Gasteiger partial charge in [0.05, 0.1) is 12.7 Å². The molecule has 0 spiro atoms. The summed E-state index contributed by atoms with van der Waals surface area (Å²) in [7, 11) is -3.29. The number of carboxylic acid groups (broad SMARTS) is 1. The van der Waals surface area contributed by atoms with Crippen molar-refractivity contribution < 1.29 is 18.3 Å². The number of hydrogen-bond donors (Lipinski definition) is 2. The molecule has 0 aliphatic heterocycles. The number of nitrogens with one attached hydrogen (secondary N) is 1. The van der Waals surface area contributed by atoms with Crippen LogP contribution in [-0.2, 0) is 20.2 Å². The first-order valence-corrected chi connectivity index (χ1v) is 7.29. The lowest BCUT2D eigenvalue weighted by molar-refractivity contribution is -0.138. The van der Waals surface area contributed by atoms with E-state index in [9.17, 15) is 13.2 Å². The average Bonchev–Trinajstić information content (AvgIpc) is 2.13. The third-order valence-electron chi connectivity index (χ3n) is 2.56. The SMILES string of the molecule is CC(C)(CC(=O)O)c1ccc(NS(C)(=O)=O)cc1. The molecular weight excluding hydrogens is 254 g/mol. The zero-order valence-electron chi connectivity index (χ0n) is 10.6. The van der Waals surface area contributed by atoms with E-state index in [0.29, 0.717) is 5.69 Å². The highest BCUT2D eigenvalue weighted by molar-refractivity contribution is 7.92. The average molecular weight is 271 g/mol. The van der Waals surface area contributed by atoms with E-state index in [1.165, 1.54) is 0 Å². The lowest BCUT2D eigenvalue weighted by Crippen LogP contribution is -2.21. The number of rotatable bonds is 5. The summed E-state index contributed by atoms with van der Waals surface area (Å²) in [6.07, 6.45) is 1.10. The maximum absolute atomic E-state index is 11.0. The Bertz CT molecular complexity index is 532. The van der Waals surface area contributed by atoms with Crippen LogP contribution in [0.4, 0.5) is 5.69 Å². The van der Waals surface area contributed by atoms with Crippen molar-refractivity contribution in [2.75, 3.05) is 11.0 Å². The summed E-state index contributed by atoms with van der Waals surface area (Å²) in [6.45, 7) is 3.67. The van der Waals surface area contributed by atoms with Gasteiger partial charge in [-0.15, -0.1) is 0 Å². The first kappa shape index (κ1) is 14.5. The zero-order valence-corrected chi connectivity index (χ0v) is 11.4. The van der Waals surface area contributed by atoms with Crippen molar-refractivity contribution in [1.29, 1.82) is 0 Å². The summed E-state index contributed by atoms with van der Waals surface area (Å²) in [5, 5.41) is 8.83. The van der Waals surface area contributed by atoms with Gasteiger partial charge in [-0.1, -0.05) is 26.0 Å². The monoisotopic (exact) mass is 271 g/mol. The quantitative estimate of drug-likeness (QED) is 0.855. The lowest BCUT2D eigenvalue weighted by Gasteiger charge is -2.23. The fourth-order valence-electron chi connectivity index (χ4n) is 1.68. The molecule has 0 aromatic heterocycles. The summed E-state index contributed by atoms with van der Waals surface area (Å²) in [4.78, 5) is 10.8. The minimum atomic E-state index is -3.29. The number of aliphatic carboxylic acids is 1. The first-order chi connectivity index (χ1) is 8.10. The molecule has 100 valence electrons. The molecule has 0 fully saturated rings. The molecule has 1 rings (SSSR count). The fraction of sp³-hybridized carbons (Fsp3) is 0.417. The van der Waals surface area contributed by atoms with Gasteiger partial charge in [0.1, 0.15) is 0 Å². The highest BCUT2D eigenvalue weighted by atomic mass is 32.2. The van der Waals surface area contributed by atoms with Gasteiger partial charge in [-0.25, -0.2) is 8.42 Å². The predicted octanol–water partition coefficient (Wildman–Crippen LogP) is 1.81. The van der Waals surface area contributed by atoms with Crippen LogP contribution in [0.25, 0.3) is 0 Å². The normalized spacial score (nSPS) is 12.2. The molecule has 0 radical (unpaired) electrons. The van der Waals surface area contributed by atoms with Crippen LogP contribution in [-0.4, -0.2) is 25.7 Å². The molecule has 0 atom stereocenters. The predicted molar refractivity (Wildman–Crippen MR) is 70.2 cm³/mol. The smallest absolute Gasteiger partial charge is 0.304 e. The summed E-state index contributed by atoms with van der Waals surface area (Å²) >= 11 is 0. The van der Waals surface area contributed by atoms with Crippen LogP contribution in [0.15, 0.2) is 24.3 Å². The third kappa shape index (κ3) is 4.37. The van der Waals surface area contributed by atoms with Gasteiger partial charge < -0.3 is 5.11 Å². The minimum Gasteiger partial charge on any atom is -0.481 e. The molecule has 0 heterocycles. The standard InChI is InChI=1S/C12H17NO4S/c1-12(2,8-11(14)15)9-4-6-10(7-5-9)13-18(3,16)17/h4-7,13H,8H2,1-3H3,(H,14,15). The van der Waals surface area contributed by atoms with E-state index in [0.717, 1.165) is 11.8 Å². The van der Waals surface area contributed by atoms with Crippen LogP contribution < -0.4 is 4.72 Å². The Balaban J connectivity index is 2.92. The van der Waals surface area contributed by atoms with E-state index in [1.54, 1.807) is 24.3 Å². The van der Waals surface area contributed by atoms with Gasteiger partial charge in [0, 0.05) is 11.1 Å². The Labute approximate surface area is 107 Å². The van der Waals surface area contributed by atoms with Crippen LogP contribution >= 0.6 is 0 Å². The summed E-state index contributed by atoms with van der Waals surface area (Å²) < 4.78 is 24.4. The van der Waals surface area contributed by atoms with E-state index >= 15 is 0 Å². The second-order valence-corrected chi connectivity index (χ2v) is 6.65. The van der Waals surface area contributed by atoms with Gasteiger partial charge in [0.25, 0.3) is 0 Å². The molecule has 0 unspecified atom stereocenters. The highest BCUT2D eigenvalue weighted by Gasteiger charge is 2.23. The number of hydrogen-bond acceptors (Lipinski definition) is 3. The van der Waals surface area contributed by atoms with Crippen molar-refractivity contribution >= 4 is 21.7 Å². The molecule has 2 N–H and O–H groups in total. The fourth-order valence-corrected chi connectivity index (χ4v) is 2.25. The van der Waals surface area contributed by atoms with Crippen LogP contribution in [0, 0.1) is 0 Å². The largest absolute Gasteiger partial charge is 0.481 e. The number of sulfonamides is 1. The Hall–Kier alpha value is -1.56. The maximum Gasteiger partial charge on any atom is 0.304 e. The van der Waals surface area contributed by atoms with Crippen LogP contribution in [0.1, 0.15) is 25.8 Å². The van der Waals surface area contributed by atoms with Crippen molar-refractivity contribution in [1.82, 2.24) is 0 Å². The Morgan fingerprint density at radius 3 is 2.17 bits per heavy atom. The van der Waals surface area contributed by atoms with Crippen molar-refractivity contribution in [2.45, 2.75) is 25.7 Å². The second-order valence-electron chi connectivity index (χ2n) is 4.91. The van der Waals surface area contributed by atoms with E-state index in [1.807, 2.05) is 13.8 Å². The molecule has 0 aliphatic carbocycles. The topological polar surface area (TPSA) is 83.5 Å². The second kappa shape index (κ2) is 4.97. The summed E-state index contributed by atoms with van der Waals surface area (Å²) in [5.74, 6) is -0.863. The number of benzene rings is 1. The van der Waals surface area contributed by atoms with Crippen LogP contribution in [0.2, 0.25) is 0 Å². The molecule has 0 amide bonds. The summed E-state index contributed by atoms with van der Waals surface area (Å²) in [6, 6.07) is 6.72. The van der Waals surface area contributed by atoms with Gasteiger partial charge in [-0.05, 0) is 17.7 Å². The van der Waals surface area contributed by atoms with Crippen molar-refractivity contribution in [3.63, 3.8) is 0 Å².